The van der Waals surface area contributed by atoms with Crippen LogP contribution in [-0.4, -0.2) is 60.5 Å². The average Bonchev–Trinajstić information content (AvgIpc) is 2.76. The average molecular weight is 464 g/mol. The van der Waals surface area contributed by atoms with Gasteiger partial charge >= 0.3 is 71.1 Å². The predicted molar refractivity (Wildman–Crippen MR) is 96.3 cm³/mol. The Morgan fingerprint density at radius 1 is 0.625 bits per heavy atom. The summed E-state index contributed by atoms with van der Waals surface area (Å²) < 4.78 is 9.69. The van der Waals surface area contributed by atoms with Crippen LogP contribution in [0.25, 0.3) is 0 Å². The Hall–Kier alpha value is -1.76. The number of aliphatic hydroxyl groups is 2. The Balaban J connectivity index is 0. The van der Waals surface area contributed by atoms with Gasteiger partial charge in [0.05, 0.1) is 36.3 Å². The number of aromatic carboxylic acids is 2. The van der Waals surface area contributed by atoms with Crippen LogP contribution in [0.3, 0.4) is 0 Å². The molecule has 12 heteroatoms. The largest absolute Gasteiger partial charge is 1.00 e. The molecule has 0 radical (unpaired) electrons. The van der Waals surface area contributed by atoms with Gasteiger partial charge in [0.15, 0.2) is 0 Å². The van der Waals surface area contributed by atoms with Crippen molar-refractivity contribution in [2.75, 3.05) is 26.4 Å². The van der Waals surface area contributed by atoms with Crippen LogP contribution < -0.4 is 69.3 Å². The zero-order valence-corrected chi connectivity index (χ0v) is 21.6. The van der Waals surface area contributed by atoms with Gasteiger partial charge in [-0.05, 0) is 12.1 Å². The number of ether oxygens (including phenoxy) is 2. The zero-order chi connectivity index (χ0) is 22.5. The van der Waals surface area contributed by atoms with E-state index in [0.717, 1.165) is 0 Å². The van der Waals surface area contributed by atoms with Crippen LogP contribution in [0.15, 0.2) is 48.5 Å². The summed E-state index contributed by atoms with van der Waals surface area (Å²) in [5, 5.41) is 37.1. The first kappa shape index (κ1) is 32.4. The molecule has 10 nitrogen and oxygen atoms in total. The van der Waals surface area contributed by atoms with Gasteiger partial charge in [0.2, 0.25) is 0 Å². The molecule has 0 aliphatic heterocycles. The van der Waals surface area contributed by atoms with E-state index in [2.05, 4.69) is 0 Å². The van der Waals surface area contributed by atoms with Crippen molar-refractivity contribution in [3.05, 3.63) is 70.8 Å². The van der Waals surface area contributed by atoms with Crippen molar-refractivity contribution in [1.82, 2.24) is 0 Å². The molecule has 2 N–H and O–H groups in total. The van der Waals surface area contributed by atoms with Crippen molar-refractivity contribution >= 4 is 23.9 Å². The van der Waals surface area contributed by atoms with E-state index in [0.29, 0.717) is 0 Å². The van der Waals surface area contributed by atoms with E-state index in [-0.39, 0.29) is 108 Å². The molecule has 0 unspecified atom stereocenters. The summed E-state index contributed by atoms with van der Waals surface area (Å²) in [5.41, 5.74) is -1.03. The number of carbonyl (C=O) groups excluding carboxylic acids is 4. The van der Waals surface area contributed by atoms with Crippen LogP contribution in [0.2, 0.25) is 0 Å². The fraction of sp³-hybridized carbons (Fsp3) is 0.200. The molecule has 2 rings (SSSR count). The van der Waals surface area contributed by atoms with Gasteiger partial charge in [-0.1, -0.05) is 36.4 Å². The van der Waals surface area contributed by atoms with Gasteiger partial charge in [-0.2, -0.15) is 0 Å². The Morgan fingerprint density at radius 3 is 1.16 bits per heavy atom. The van der Waals surface area contributed by atoms with Crippen LogP contribution >= 0.6 is 0 Å². The molecule has 0 amide bonds. The minimum absolute atomic E-state index is 0. The summed E-state index contributed by atoms with van der Waals surface area (Å²) in [4.78, 5) is 45.7. The minimum atomic E-state index is -1.53. The molecular weight excluding hydrogens is 446 g/mol. The Morgan fingerprint density at radius 2 is 0.906 bits per heavy atom. The predicted octanol–water partition coefficient (Wildman–Crippen LogP) is -7.59. The molecule has 0 atom stereocenters. The smallest absolute Gasteiger partial charge is 0.545 e. The summed E-state index contributed by atoms with van der Waals surface area (Å²) >= 11 is 0. The third-order valence-corrected chi connectivity index (χ3v) is 3.38. The van der Waals surface area contributed by atoms with E-state index < -0.39 is 23.9 Å². The van der Waals surface area contributed by atoms with Gasteiger partial charge in [-0.15, -0.1) is 0 Å². The van der Waals surface area contributed by atoms with E-state index in [1.807, 2.05) is 0 Å². The number of aliphatic hydroxyl groups excluding tert-OH is 2. The molecule has 32 heavy (non-hydrogen) atoms. The second-order valence-electron chi connectivity index (χ2n) is 5.39. The molecule has 160 valence electrons. The number of hydrogen-bond acceptors (Lipinski definition) is 10. The van der Waals surface area contributed by atoms with E-state index in [1.165, 1.54) is 48.5 Å². The molecule has 0 saturated carbocycles. The zero-order valence-electron chi connectivity index (χ0n) is 17.6. The third kappa shape index (κ3) is 10.7. The molecule has 0 aliphatic rings. The summed E-state index contributed by atoms with van der Waals surface area (Å²) in [6, 6.07) is 10.7. The van der Waals surface area contributed by atoms with E-state index in [4.69, 9.17) is 19.7 Å². The topological polar surface area (TPSA) is 173 Å². The molecule has 0 aliphatic carbocycles. The van der Waals surface area contributed by atoms with Gasteiger partial charge in [-0.3, -0.25) is 0 Å². The first-order valence-corrected chi connectivity index (χ1v) is 8.50. The van der Waals surface area contributed by atoms with E-state index in [9.17, 15) is 29.4 Å². The first-order valence-electron chi connectivity index (χ1n) is 8.50. The van der Waals surface area contributed by atoms with Gasteiger partial charge in [0, 0.05) is 11.1 Å². The third-order valence-electron chi connectivity index (χ3n) is 3.38. The number of carboxylic acids is 2. The van der Waals surface area contributed by atoms with Crippen LogP contribution in [0, 0.1) is 0 Å². The van der Waals surface area contributed by atoms with Crippen molar-refractivity contribution in [2.45, 2.75) is 0 Å². The first-order chi connectivity index (χ1) is 14.3. The second-order valence-corrected chi connectivity index (χ2v) is 5.39. The van der Waals surface area contributed by atoms with Crippen molar-refractivity contribution in [3.8, 4) is 0 Å². The minimum Gasteiger partial charge on any atom is -0.545 e. The Kier molecular flexibility index (Phi) is 18.0. The van der Waals surface area contributed by atoms with Gasteiger partial charge in [-0.25, -0.2) is 9.59 Å². The molecule has 0 bridgehead atoms. The molecule has 2 aromatic rings. The Bertz CT molecular complexity index is 828. The summed E-state index contributed by atoms with van der Waals surface area (Å²) in [5.74, 6) is -4.89. The van der Waals surface area contributed by atoms with Crippen LogP contribution in [0.5, 0.6) is 0 Å². The van der Waals surface area contributed by atoms with Crippen molar-refractivity contribution < 1.29 is 108 Å². The van der Waals surface area contributed by atoms with Crippen molar-refractivity contribution in [2.24, 2.45) is 0 Å². The molecule has 0 spiro atoms. The van der Waals surface area contributed by atoms with Crippen LogP contribution in [-0.2, 0) is 9.47 Å². The number of carboxylic acid groups (broad SMARTS) is 2. The molecular formula is C20H18Na2O10. The molecule has 0 saturated heterocycles. The van der Waals surface area contributed by atoms with E-state index >= 15 is 0 Å². The van der Waals surface area contributed by atoms with Gasteiger partial charge in [0.25, 0.3) is 0 Å². The maximum atomic E-state index is 11.9. The standard InChI is InChI=1S/C18H14O8.C2H6O2.2Na/c19-15(20)11-5-1-3-7-13(11)17(23)25-9-10-26-18(24)14-8-4-2-6-12(14)16(21)22;3-1-2-4;;/h1-8H,9-10H2,(H,19,20)(H,21,22);3-4H,1-2H2;;/q;;2*+1/p-2. The fourth-order valence-corrected chi connectivity index (χ4v) is 2.10. The molecule has 0 heterocycles. The number of hydrogen-bond donors (Lipinski definition) is 2. The second kappa shape index (κ2) is 17.8. The van der Waals surface area contributed by atoms with Crippen molar-refractivity contribution in [1.29, 1.82) is 0 Å². The summed E-state index contributed by atoms with van der Waals surface area (Å²) in [7, 11) is 0. The monoisotopic (exact) mass is 464 g/mol. The quantitative estimate of drug-likeness (QED) is 0.217. The maximum absolute atomic E-state index is 11.9. The number of carbonyl (C=O) groups is 4. The summed E-state index contributed by atoms with van der Waals surface area (Å²) in [6.45, 7) is -0.946. The number of benzene rings is 2. The normalized spacial score (nSPS) is 9.06. The van der Waals surface area contributed by atoms with Gasteiger partial charge < -0.3 is 39.5 Å². The van der Waals surface area contributed by atoms with E-state index in [1.54, 1.807) is 0 Å². The summed E-state index contributed by atoms with van der Waals surface area (Å²) in [6.07, 6.45) is 0. The van der Waals surface area contributed by atoms with Crippen molar-refractivity contribution in [3.63, 3.8) is 0 Å². The SMILES string of the molecule is O=C([O-])c1ccccc1C(=O)OCCOC(=O)c1ccccc1C(=O)[O-].OCCO.[Na+].[Na+]. The number of rotatable bonds is 8. The van der Waals surface area contributed by atoms with Crippen LogP contribution in [0.1, 0.15) is 41.4 Å². The maximum Gasteiger partial charge on any atom is 1.00 e. The molecule has 0 fully saturated rings. The van der Waals surface area contributed by atoms with Crippen LogP contribution in [0.4, 0.5) is 0 Å². The molecule has 0 aromatic heterocycles. The van der Waals surface area contributed by atoms with Gasteiger partial charge in [0.1, 0.15) is 13.2 Å². The Labute approximate surface area is 227 Å². The fourth-order valence-electron chi connectivity index (χ4n) is 2.10. The molecule has 2 aromatic carbocycles. The number of esters is 2.